The SMILES string of the molecule is CCN(CC(C)C(=O)O)S(=O)(=O)c1cc(Br)ccc1OC. The van der Waals surface area contributed by atoms with Gasteiger partial charge in [0.05, 0.1) is 13.0 Å². The Morgan fingerprint density at radius 2 is 2.10 bits per heavy atom. The lowest BCUT2D eigenvalue weighted by atomic mass is 10.2. The van der Waals surface area contributed by atoms with Crippen molar-refractivity contribution in [2.45, 2.75) is 18.7 Å². The van der Waals surface area contributed by atoms with E-state index >= 15 is 0 Å². The molecule has 0 aliphatic carbocycles. The first kappa shape index (κ1) is 17.9. The quantitative estimate of drug-likeness (QED) is 0.784. The molecule has 0 aromatic heterocycles. The Labute approximate surface area is 132 Å². The molecule has 0 radical (unpaired) electrons. The third-order valence-electron chi connectivity index (χ3n) is 3.00. The third-order valence-corrected chi connectivity index (χ3v) is 5.45. The summed E-state index contributed by atoms with van der Waals surface area (Å²) in [6.45, 7) is 3.22. The molecule has 0 aliphatic rings. The predicted molar refractivity (Wildman–Crippen MR) is 81.9 cm³/mol. The minimum absolute atomic E-state index is 0.0128. The van der Waals surface area contributed by atoms with Crippen molar-refractivity contribution in [1.82, 2.24) is 4.31 Å². The van der Waals surface area contributed by atoms with E-state index in [0.717, 1.165) is 4.31 Å². The van der Waals surface area contributed by atoms with E-state index in [-0.39, 0.29) is 23.7 Å². The van der Waals surface area contributed by atoms with Gasteiger partial charge in [0.1, 0.15) is 10.6 Å². The van der Waals surface area contributed by atoms with Crippen molar-refractivity contribution in [2.24, 2.45) is 5.92 Å². The highest BCUT2D eigenvalue weighted by atomic mass is 79.9. The molecular weight excluding hydrogens is 362 g/mol. The predicted octanol–water partition coefficient (Wildman–Crippen LogP) is 2.19. The molecule has 0 saturated carbocycles. The largest absolute Gasteiger partial charge is 0.495 e. The number of carboxylic acids is 1. The monoisotopic (exact) mass is 379 g/mol. The molecule has 0 spiro atoms. The summed E-state index contributed by atoms with van der Waals surface area (Å²) in [6.07, 6.45) is 0. The van der Waals surface area contributed by atoms with Gasteiger partial charge in [0, 0.05) is 17.6 Å². The number of sulfonamides is 1. The van der Waals surface area contributed by atoms with E-state index in [1.54, 1.807) is 19.1 Å². The number of hydrogen-bond donors (Lipinski definition) is 1. The highest BCUT2D eigenvalue weighted by Crippen LogP contribution is 2.30. The molecule has 1 atom stereocenters. The summed E-state index contributed by atoms with van der Waals surface area (Å²) in [6, 6.07) is 4.67. The zero-order chi connectivity index (χ0) is 16.2. The second-order valence-corrected chi connectivity index (χ2v) is 7.31. The van der Waals surface area contributed by atoms with Gasteiger partial charge in [-0.3, -0.25) is 4.79 Å². The third kappa shape index (κ3) is 4.18. The first-order chi connectivity index (χ1) is 9.73. The van der Waals surface area contributed by atoms with Crippen LogP contribution in [-0.4, -0.2) is 44.0 Å². The summed E-state index contributed by atoms with van der Waals surface area (Å²) in [7, 11) is -2.44. The van der Waals surface area contributed by atoms with Gasteiger partial charge in [0.2, 0.25) is 10.0 Å². The van der Waals surface area contributed by atoms with E-state index in [0.29, 0.717) is 4.47 Å². The van der Waals surface area contributed by atoms with Crippen molar-refractivity contribution < 1.29 is 23.1 Å². The molecule has 6 nitrogen and oxygen atoms in total. The molecule has 21 heavy (non-hydrogen) atoms. The van der Waals surface area contributed by atoms with Crippen molar-refractivity contribution in [3.63, 3.8) is 0 Å². The zero-order valence-electron chi connectivity index (χ0n) is 12.0. The van der Waals surface area contributed by atoms with Crippen molar-refractivity contribution in [3.8, 4) is 5.75 Å². The Hall–Kier alpha value is -1.12. The molecule has 1 rings (SSSR count). The van der Waals surface area contributed by atoms with Crippen molar-refractivity contribution in [2.75, 3.05) is 20.2 Å². The molecule has 118 valence electrons. The number of ether oxygens (including phenoxy) is 1. The Bertz CT molecular complexity index is 617. The second kappa shape index (κ2) is 7.24. The fourth-order valence-electron chi connectivity index (χ4n) is 1.77. The lowest BCUT2D eigenvalue weighted by Gasteiger charge is -2.23. The number of halogens is 1. The number of rotatable bonds is 7. The maximum Gasteiger partial charge on any atom is 0.307 e. The van der Waals surface area contributed by atoms with Gasteiger partial charge < -0.3 is 9.84 Å². The molecule has 1 aromatic carbocycles. The normalized spacial score (nSPS) is 13.2. The van der Waals surface area contributed by atoms with Crippen LogP contribution in [0, 0.1) is 5.92 Å². The van der Waals surface area contributed by atoms with Crippen LogP contribution in [0.2, 0.25) is 0 Å². The number of benzene rings is 1. The van der Waals surface area contributed by atoms with Crippen molar-refractivity contribution >= 4 is 31.9 Å². The highest BCUT2D eigenvalue weighted by molar-refractivity contribution is 9.10. The summed E-state index contributed by atoms with van der Waals surface area (Å²) >= 11 is 3.23. The van der Waals surface area contributed by atoms with Gasteiger partial charge in [0.25, 0.3) is 0 Å². The number of carboxylic acid groups (broad SMARTS) is 1. The molecular formula is C13H18BrNO5S. The Balaban J connectivity index is 3.24. The number of carbonyl (C=O) groups is 1. The van der Waals surface area contributed by atoms with E-state index in [9.17, 15) is 13.2 Å². The minimum atomic E-state index is -3.83. The zero-order valence-corrected chi connectivity index (χ0v) is 14.4. The maximum absolute atomic E-state index is 12.7. The molecule has 1 aromatic rings. The molecule has 8 heteroatoms. The Morgan fingerprint density at radius 1 is 1.48 bits per heavy atom. The topological polar surface area (TPSA) is 83.9 Å². The fourth-order valence-corrected chi connectivity index (χ4v) is 4.00. The smallest absolute Gasteiger partial charge is 0.307 e. The Kier molecular flexibility index (Phi) is 6.18. The van der Waals surface area contributed by atoms with Crippen LogP contribution in [0.1, 0.15) is 13.8 Å². The van der Waals surface area contributed by atoms with E-state index < -0.39 is 21.9 Å². The average molecular weight is 380 g/mol. The van der Waals surface area contributed by atoms with Gasteiger partial charge in [-0.15, -0.1) is 0 Å². The summed E-state index contributed by atoms with van der Waals surface area (Å²) in [5.41, 5.74) is 0. The van der Waals surface area contributed by atoms with Crippen LogP contribution < -0.4 is 4.74 Å². The first-order valence-electron chi connectivity index (χ1n) is 6.30. The van der Waals surface area contributed by atoms with Gasteiger partial charge >= 0.3 is 5.97 Å². The van der Waals surface area contributed by atoms with Crippen LogP contribution in [0.5, 0.6) is 5.75 Å². The lowest BCUT2D eigenvalue weighted by Crippen LogP contribution is -2.36. The Morgan fingerprint density at radius 3 is 2.57 bits per heavy atom. The second-order valence-electron chi connectivity index (χ2n) is 4.49. The molecule has 1 N–H and O–H groups in total. The lowest BCUT2D eigenvalue weighted by molar-refractivity contribution is -0.141. The highest BCUT2D eigenvalue weighted by Gasteiger charge is 2.29. The van der Waals surface area contributed by atoms with Crippen molar-refractivity contribution in [1.29, 1.82) is 0 Å². The first-order valence-corrected chi connectivity index (χ1v) is 8.53. The fraction of sp³-hybridized carbons (Fsp3) is 0.462. The van der Waals surface area contributed by atoms with Crippen LogP contribution >= 0.6 is 15.9 Å². The number of nitrogens with zero attached hydrogens (tertiary/aromatic N) is 1. The van der Waals surface area contributed by atoms with Crippen LogP contribution in [-0.2, 0) is 14.8 Å². The summed E-state index contributed by atoms with van der Waals surface area (Å²) < 4.78 is 32.2. The van der Waals surface area contributed by atoms with Gasteiger partial charge in [-0.25, -0.2) is 8.42 Å². The number of hydrogen-bond acceptors (Lipinski definition) is 4. The van der Waals surface area contributed by atoms with Crippen LogP contribution in [0.4, 0.5) is 0 Å². The minimum Gasteiger partial charge on any atom is -0.495 e. The summed E-state index contributed by atoms with van der Waals surface area (Å²) in [5.74, 6) is -1.61. The molecule has 0 aliphatic heterocycles. The molecule has 0 amide bonds. The van der Waals surface area contributed by atoms with E-state index in [1.165, 1.54) is 20.1 Å². The number of methoxy groups -OCH3 is 1. The summed E-state index contributed by atoms with van der Waals surface area (Å²) in [5, 5.41) is 8.95. The number of aliphatic carboxylic acids is 1. The van der Waals surface area contributed by atoms with Gasteiger partial charge in [0.15, 0.2) is 0 Å². The van der Waals surface area contributed by atoms with Gasteiger partial charge in [-0.2, -0.15) is 4.31 Å². The summed E-state index contributed by atoms with van der Waals surface area (Å²) in [4.78, 5) is 11.0. The molecule has 0 heterocycles. The average Bonchev–Trinajstić information content (AvgIpc) is 2.43. The standard InChI is InChI=1S/C13H18BrNO5S/c1-4-15(8-9(2)13(16)17)21(18,19)12-7-10(14)5-6-11(12)20-3/h5-7,9H,4,8H2,1-3H3,(H,16,17). The van der Waals surface area contributed by atoms with Gasteiger partial charge in [-0.1, -0.05) is 29.8 Å². The van der Waals surface area contributed by atoms with Crippen LogP contribution in [0.15, 0.2) is 27.6 Å². The van der Waals surface area contributed by atoms with E-state index in [4.69, 9.17) is 9.84 Å². The van der Waals surface area contributed by atoms with E-state index in [2.05, 4.69) is 15.9 Å². The molecule has 0 saturated heterocycles. The van der Waals surface area contributed by atoms with Crippen LogP contribution in [0.3, 0.4) is 0 Å². The molecule has 0 bridgehead atoms. The van der Waals surface area contributed by atoms with Gasteiger partial charge in [-0.05, 0) is 18.2 Å². The van der Waals surface area contributed by atoms with E-state index in [1.807, 2.05) is 0 Å². The molecule has 1 unspecified atom stereocenters. The molecule has 0 fully saturated rings. The van der Waals surface area contributed by atoms with Crippen molar-refractivity contribution in [3.05, 3.63) is 22.7 Å². The maximum atomic E-state index is 12.7. The van der Waals surface area contributed by atoms with Crippen LogP contribution in [0.25, 0.3) is 0 Å².